The molecule has 0 aliphatic heterocycles. The quantitative estimate of drug-likeness (QED) is 0.261. The number of carbonyl (C=O) groups excluding carboxylic acids is 2. The Labute approximate surface area is 208 Å². The first-order valence-electron chi connectivity index (χ1n) is 10.7. The van der Waals surface area contributed by atoms with Crippen LogP contribution in [-0.2, 0) is 22.6 Å². The number of hydrogen-bond acceptors (Lipinski definition) is 6. The number of halogens is 1. The van der Waals surface area contributed by atoms with Gasteiger partial charge in [-0.25, -0.2) is 5.43 Å². The molecule has 0 atom stereocenters. The smallest absolute Gasteiger partial charge is 0.329 e. The van der Waals surface area contributed by atoms with Gasteiger partial charge in [-0.1, -0.05) is 41.9 Å². The van der Waals surface area contributed by atoms with Crippen molar-refractivity contribution in [3.63, 3.8) is 0 Å². The van der Waals surface area contributed by atoms with Gasteiger partial charge in [0.2, 0.25) is 0 Å². The Bertz CT molecular complexity index is 1250. The maximum atomic E-state index is 12.1. The van der Waals surface area contributed by atoms with Crippen LogP contribution in [0, 0.1) is 11.3 Å². The Morgan fingerprint density at radius 2 is 1.80 bits per heavy atom. The number of nitrogens with zero attached hydrogens (tertiary/aromatic N) is 2. The molecule has 0 aliphatic carbocycles. The molecule has 0 saturated carbocycles. The fourth-order valence-electron chi connectivity index (χ4n) is 2.96. The molecule has 0 radical (unpaired) electrons. The first kappa shape index (κ1) is 25.3. The topological polar surface area (TPSA) is 113 Å². The zero-order valence-electron chi connectivity index (χ0n) is 19.0. The van der Waals surface area contributed by atoms with Gasteiger partial charge in [-0.2, -0.15) is 10.4 Å². The molecule has 0 saturated heterocycles. The Kier molecular flexibility index (Phi) is 9.22. The van der Waals surface area contributed by atoms with Crippen LogP contribution in [0.2, 0.25) is 5.02 Å². The zero-order chi connectivity index (χ0) is 25.0. The normalized spacial score (nSPS) is 10.4. The molecule has 2 amide bonds. The van der Waals surface area contributed by atoms with Crippen molar-refractivity contribution in [2.75, 3.05) is 11.9 Å². The maximum absolute atomic E-state index is 12.1. The van der Waals surface area contributed by atoms with E-state index in [1.165, 1.54) is 6.21 Å². The minimum absolute atomic E-state index is 0.267. The number of nitrogens with one attached hydrogen (secondary N) is 2. The predicted octanol–water partition coefficient (Wildman–Crippen LogP) is 4.47. The number of hydrogen-bond donors (Lipinski definition) is 2. The molecule has 0 bridgehead atoms. The van der Waals surface area contributed by atoms with E-state index in [1.54, 1.807) is 48.5 Å². The summed E-state index contributed by atoms with van der Waals surface area (Å²) >= 11 is 6.18. The Morgan fingerprint density at radius 3 is 2.51 bits per heavy atom. The average molecular weight is 491 g/mol. The van der Waals surface area contributed by atoms with Gasteiger partial charge in [0.05, 0.1) is 25.3 Å². The molecule has 0 spiro atoms. The Hall–Kier alpha value is -4.35. The van der Waals surface area contributed by atoms with Crippen molar-refractivity contribution in [1.29, 1.82) is 5.26 Å². The molecule has 0 aliphatic rings. The van der Waals surface area contributed by atoms with Crippen molar-refractivity contribution in [2.45, 2.75) is 20.0 Å². The first-order chi connectivity index (χ1) is 17.0. The van der Waals surface area contributed by atoms with E-state index in [4.69, 9.17) is 26.3 Å². The first-order valence-corrected chi connectivity index (χ1v) is 11.1. The molecule has 0 heterocycles. The monoisotopic (exact) mass is 490 g/mol. The van der Waals surface area contributed by atoms with Crippen LogP contribution in [0.15, 0.2) is 71.8 Å². The largest absolute Gasteiger partial charge is 0.490 e. The van der Waals surface area contributed by atoms with Gasteiger partial charge in [-0.15, -0.1) is 0 Å². The number of rotatable bonds is 9. The van der Waals surface area contributed by atoms with Gasteiger partial charge < -0.3 is 14.8 Å². The van der Waals surface area contributed by atoms with E-state index < -0.39 is 11.8 Å². The molecule has 2 N–H and O–H groups in total. The summed E-state index contributed by atoms with van der Waals surface area (Å²) in [6.45, 7) is 2.56. The van der Waals surface area contributed by atoms with Crippen molar-refractivity contribution in [3.8, 4) is 17.6 Å². The molecule has 0 fully saturated rings. The zero-order valence-corrected chi connectivity index (χ0v) is 19.7. The highest BCUT2D eigenvalue weighted by molar-refractivity contribution is 6.39. The summed E-state index contributed by atoms with van der Waals surface area (Å²) in [4.78, 5) is 24.1. The van der Waals surface area contributed by atoms with E-state index in [0.717, 1.165) is 11.1 Å². The summed E-state index contributed by atoms with van der Waals surface area (Å²) in [6.07, 6.45) is 1.66. The fourth-order valence-corrected chi connectivity index (χ4v) is 3.16. The van der Waals surface area contributed by atoms with Crippen molar-refractivity contribution in [2.24, 2.45) is 5.10 Å². The molecule has 8 nitrogen and oxygen atoms in total. The lowest BCUT2D eigenvalue weighted by atomic mass is 10.1. The molecule has 3 aromatic rings. The van der Waals surface area contributed by atoms with Crippen molar-refractivity contribution < 1.29 is 19.1 Å². The molecule has 9 heteroatoms. The van der Waals surface area contributed by atoms with E-state index in [2.05, 4.69) is 15.8 Å². The third kappa shape index (κ3) is 7.59. The van der Waals surface area contributed by atoms with Crippen LogP contribution in [0.3, 0.4) is 0 Å². The Balaban J connectivity index is 1.57. The van der Waals surface area contributed by atoms with Crippen LogP contribution in [-0.4, -0.2) is 24.6 Å². The lowest BCUT2D eigenvalue weighted by Gasteiger charge is -2.13. The average Bonchev–Trinajstić information content (AvgIpc) is 2.86. The minimum Gasteiger partial charge on any atom is -0.490 e. The van der Waals surface area contributed by atoms with Crippen LogP contribution in [0.25, 0.3) is 0 Å². The van der Waals surface area contributed by atoms with Crippen molar-refractivity contribution in [1.82, 2.24) is 5.43 Å². The van der Waals surface area contributed by atoms with E-state index in [1.807, 2.05) is 31.2 Å². The lowest BCUT2D eigenvalue weighted by Crippen LogP contribution is -2.32. The number of amides is 2. The number of carbonyl (C=O) groups is 2. The fraction of sp³-hybridized carbons (Fsp3) is 0.154. The second-order valence-corrected chi connectivity index (χ2v) is 7.61. The van der Waals surface area contributed by atoms with E-state index in [-0.39, 0.29) is 13.0 Å². The van der Waals surface area contributed by atoms with Crippen LogP contribution in [0.1, 0.15) is 23.6 Å². The maximum Gasteiger partial charge on any atom is 0.329 e. The second kappa shape index (κ2) is 12.8. The molecule has 35 heavy (non-hydrogen) atoms. The lowest BCUT2D eigenvalue weighted by molar-refractivity contribution is -0.136. The second-order valence-electron chi connectivity index (χ2n) is 7.20. The summed E-state index contributed by atoms with van der Waals surface area (Å²) in [7, 11) is 0. The summed E-state index contributed by atoms with van der Waals surface area (Å²) in [6, 6.07) is 21.3. The third-order valence-corrected chi connectivity index (χ3v) is 5.06. The van der Waals surface area contributed by atoms with E-state index in [0.29, 0.717) is 34.4 Å². The summed E-state index contributed by atoms with van der Waals surface area (Å²) in [5, 5.41) is 15.6. The van der Waals surface area contributed by atoms with E-state index in [9.17, 15) is 9.59 Å². The summed E-state index contributed by atoms with van der Waals surface area (Å²) in [5.74, 6) is -0.749. The van der Waals surface area contributed by atoms with Gasteiger partial charge in [-0.3, -0.25) is 9.59 Å². The van der Waals surface area contributed by atoms with Gasteiger partial charge in [-0.05, 0) is 54.4 Å². The summed E-state index contributed by atoms with van der Waals surface area (Å²) in [5.41, 5.74) is 4.92. The summed E-state index contributed by atoms with van der Waals surface area (Å²) < 4.78 is 11.5. The van der Waals surface area contributed by atoms with Gasteiger partial charge in [0.1, 0.15) is 6.61 Å². The Morgan fingerprint density at radius 1 is 1.03 bits per heavy atom. The standard InChI is InChI=1S/C26H23ClN4O4/c1-2-34-24-15-19(9-12-23(24)35-17-20-5-3-4-6-22(20)27)16-29-31-26(33)25(32)30-21-10-7-18(8-11-21)13-14-28/h3-12,15-16H,2,13,17H2,1H3,(H,30,32)(H,31,33)/b29-16+. The van der Waals surface area contributed by atoms with Crippen LogP contribution in [0.5, 0.6) is 11.5 Å². The van der Waals surface area contributed by atoms with Gasteiger partial charge >= 0.3 is 11.8 Å². The number of hydrazone groups is 1. The molecule has 3 rings (SSSR count). The molecule has 3 aromatic carbocycles. The van der Waals surface area contributed by atoms with Crippen LogP contribution >= 0.6 is 11.6 Å². The molecule has 178 valence electrons. The highest BCUT2D eigenvalue weighted by Gasteiger charge is 2.13. The van der Waals surface area contributed by atoms with Gasteiger partial charge in [0.25, 0.3) is 0 Å². The molecule has 0 unspecified atom stereocenters. The van der Waals surface area contributed by atoms with Crippen LogP contribution < -0.4 is 20.2 Å². The molecular formula is C26H23ClN4O4. The van der Waals surface area contributed by atoms with Crippen molar-refractivity contribution >= 4 is 35.3 Å². The van der Waals surface area contributed by atoms with Gasteiger partial charge in [0.15, 0.2) is 11.5 Å². The number of benzene rings is 3. The highest BCUT2D eigenvalue weighted by Crippen LogP contribution is 2.29. The van der Waals surface area contributed by atoms with Gasteiger partial charge in [0, 0.05) is 16.3 Å². The number of anilines is 1. The third-order valence-electron chi connectivity index (χ3n) is 4.69. The van der Waals surface area contributed by atoms with Crippen molar-refractivity contribution in [3.05, 3.63) is 88.4 Å². The minimum atomic E-state index is -0.924. The predicted molar refractivity (Wildman–Crippen MR) is 134 cm³/mol. The molecule has 0 aromatic heterocycles. The highest BCUT2D eigenvalue weighted by atomic mass is 35.5. The number of ether oxygens (including phenoxy) is 2. The van der Waals surface area contributed by atoms with E-state index >= 15 is 0 Å². The molecular weight excluding hydrogens is 468 g/mol. The SMILES string of the molecule is CCOc1cc(/C=N/NC(=O)C(=O)Nc2ccc(CC#N)cc2)ccc1OCc1ccccc1Cl. The number of nitriles is 1. The van der Waals surface area contributed by atoms with Crippen LogP contribution in [0.4, 0.5) is 5.69 Å².